The van der Waals surface area contributed by atoms with Gasteiger partial charge in [-0.25, -0.2) is 0 Å². The second-order valence-electron chi connectivity index (χ2n) is 17.3. The number of hydrogen-bond donors (Lipinski definition) is 0. The van der Waals surface area contributed by atoms with Crippen LogP contribution in [0.15, 0.2) is 30.3 Å². The van der Waals surface area contributed by atoms with Gasteiger partial charge in [-0.05, 0) is 99.1 Å². The third kappa shape index (κ3) is 74.0. The molecule has 0 saturated heterocycles. The van der Waals surface area contributed by atoms with Crippen LogP contribution in [0, 0.1) is 0 Å². The molecule has 0 N–H and O–H groups in total. The fourth-order valence-corrected chi connectivity index (χ4v) is 7.00. The lowest BCUT2D eigenvalue weighted by atomic mass is 10.0. The molecular weight excluding hydrogens is 997 g/mol. The van der Waals surface area contributed by atoms with Crippen LogP contribution in [0.2, 0.25) is 0 Å². The van der Waals surface area contributed by atoms with Crippen molar-refractivity contribution in [3.8, 4) is 5.75 Å². The number of unbranched alkanes of at least 4 members (excludes halogenated alkanes) is 9. The molecule has 78 heavy (non-hydrogen) atoms. The number of ether oxygens (including phenoxy) is 8. The second kappa shape index (κ2) is 73.0. The number of ketones is 4. The topological polar surface area (TPSA) is 193 Å². The maximum atomic E-state index is 11.1. The van der Waals surface area contributed by atoms with Crippen LogP contribution in [-0.4, -0.2) is 120 Å². The summed E-state index contributed by atoms with van der Waals surface area (Å²) in [6.07, 6.45) is 19.2. The highest BCUT2D eigenvalue weighted by Gasteiger charge is 2.13. The Morgan fingerprint density at radius 1 is 0.359 bits per heavy atom. The minimum Gasteiger partial charge on any atom is -0.493 e. The third-order valence-corrected chi connectivity index (χ3v) is 10.7. The van der Waals surface area contributed by atoms with Gasteiger partial charge in [0.1, 0.15) is 28.9 Å². The zero-order valence-electron chi connectivity index (χ0n) is 45.4. The maximum absolute atomic E-state index is 11.1. The predicted octanol–water partition coefficient (Wildman–Crippen LogP) is 16.2. The van der Waals surface area contributed by atoms with Gasteiger partial charge in [-0.1, -0.05) is 135 Å². The summed E-state index contributed by atoms with van der Waals surface area (Å²) in [5, 5.41) is 0. The Kier molecular flexibility index (Phi) is 92.9. The quantitative estimate of drug-likeness (QED) is 0.0342. The molecule has 15 heteroatoms. The molecule has 0 amide bonds. The lowest BCUT2D eigenvalue weighted by Gasteiger charge is -2.14. The number of esters is 3. The molecule has 0 bridgehead atoms. The van der Waals surface area contributed by atoms with E-state index in [1.54, 1.807) is 63.1 Å². The Labute approximate surface area is 481 Å². The zero-order chi connectivity index (χ0) is 53.2. The first kappa shape index (κ1) is 99.3. The third-order valence-electron chi connectivity index (χ3n) is 10.7. The lowest BCUT2D eigenvalue weighted by molar-refractivity contribution is -0.144. The molecule has 0 saturated carbocycles. The summed E-state index contributed by atoms with van der Waals surface area (Å²) in [4.78, 5) is 77.0. The number of rotatable bonds is 40. The van der Waals surface area contributed by atoms with Crippen LogP contribution in [0.3, 0.4) is 0 Å². The normalized spacial score (nSPS) is 10.9. The Balaban J connectivity index is -0.0000000827. The smallest absolute Gasteiger partial charge is 0.305 e. The van der Waals surface area contributed by atoms with Crippen molar-refractivity contribution >= 4 is 41.0 Å². The Morgan fingerprint density at radius 3 is 0.872 bits per heavy atom. The zero-order valence-corrected chi connectivity index (χ0v) is 45.4. The van der Waals surface area contributed by atoms with Gasteiger partial charge in [0.2, 0.25) is 0 Å². The van der Waals surface area contributed by atoms with E-state index in [0.29, 0.717) is 71.4 Å². The highest BCUT2D eigenvalue weighted by molar-refractivity contribution is 5.77. The SMILES string of the molecule is C.C.C.C.C.C.C.C.CCOC(=O)CCCCC(CC(C)=O)OC.CCOC(=O)CCCCCCC(CC(C)=O)OC.CCOC(=O)CCCCCCCCC(CC(C)=O)OC.COC(CCOc1ccccc1)CC(C)=O. The summed E-state index contributed by atoms with van der Waals surface area (Å²) in [6, 6.07) is 9.62. The number of para-hydroxylation sites is 1. The molecule has 15 nitrogen and oxygen atoms in total. The van der Waals surface area contributed by atoms with E-state index in [0.717, 1.165) is 102 Å². The largest absolute Gasteiger partial charge is 0.493 e. The molecule has 4 unspecified atom stereocenters. The minimum atomic E-state index is -0.150. The molecule has 0 aliphatic carbocycles. The number of methoxy groups -OCH3 is 4. The molecule has 0 spiro atoms. The van der Waals surface area contributed by atoms with Crippen LogP contribution in [0.4, 0.5) is 0 Å². The van der Waals surface area contributed by atoms with Gasteiger partial charge < -0.3 is 37.9 Å². The van der Waals surface area contributed by atoms with Crippen LogP contribution < -0.4 is 4.74 Å². The molecule has 0 aromatic heterocycles. The molecule has 0 heterocycles. The average molecular weight is 1130 g/mol. The summed E-state index contributed by atoms with van der Waals surface area (Å²) >= 11 is 0. The maximum Gasteiger partial charge on any atom is 0.305 e. The first-order chi connectivity index (χ1) is 33.5. The molecular formula is C63H128O15. The number of carbonyl (C=O) groups is 7. The summed E-state index contributed by atoms with van der Waals surface area (Å²) in [5.41, 5.74) is 0. The van der Waals surface area contributed by atoms with Crippen molar-refractivity contribution in [3.05, 3.63) is 30.3 Å². The van der Waals surface area contributed by atoms with Crippen molar-refractivity contribution in [1.29, 1.82) is 0 Å². The van der Waals surface area contributed by atoms with E-state index in [1.165, 1.54) is 6.42 Å². The Bertz CT molecular complexity index is 1450. The van der Waals surface area contributed by atoms with Gasteiger partial charge in [-0.15, -0.1) is 0 Å². The van der Waals surface area contributed by atoms with Crippen LogP contribution in [0.1, 0.15) is 256 Å². The van der Waals surface area contributed by atoms with E-state index in [-0.39, 0.29) is 125 Å². The van der Waals surface area contributed by atoms with Crippen LogP contribution >= 0.6 is 0 Å². The Morgan fingerprint density at radius 2 is 0.603 bits per heavy atom. The predicted molar refractivity (Wildman–Crippen MR) is 328 cm³/mol. The summed E-state index contributed by atoms with van der Waals surface area (Å²) in [6.45, 7) is 13.7. The van der Waals surface area contributed by atoms with Crippen molar-refractivity contribution < 1.29 is 71.5 Å². The highest BCUT2D eigenvalue weighted by Crippen LogP contribution is 2.15. The first-order valence-corrected chi connectivity index (χ1v) is 25.7. The van der Waals surface area contributed by atoms with Crippen molar-refractivity contribution in [1.82, 2.24) is 0 Å². The van der Waals surface area contributed by atoms with Gasteiger partial charge in [0.25, 0.3) is 0 Å². The minimum absolute atomic E-state index is 0. The second-order valence-corrected chi connectivity index (χ2v) is 17.3. The number of carbonyl (C=O) groups excluding carboxylic acids is 7. The molecule has 1 rings (SSSR count). The molecule has 0 fully saturated rings. The van der Waals surface area contributed by atoms with Crippen molar-refractivity contribution in [3.63, 3.8) is 0 Å². The molecule has 1 aromatic carbocycles. The summed E-state index contributed by atoms with van der Waals surface area (Å²) < 4.78 is 41.0. The number of benzene rings is 1. The van der Waals surface area contributed by atoms with E-state index in [9.17, 15) is 33.6 Å². The Hall–Kier alpha value is -4.05. The van der Waals surface area contributed by atoms with Gasteiger partial charge in [0.05, 0.1) is 50.8 Å². The number of Topliss-reactive ketones (excluding diaryl/α,β-unsaturated/α-hetero) is 4. The van der Waals surface area contributed by atoms with E-state index in [4.69, 9.17) is 37.9 Å². The molecule has 0 aliphatic rings. The van der Waals surface area contributed by atoms with E-state index >= 15 is 0 Å². The van der Waals surface area contributed by atoms with E-state index in [1.807, 2.05) is 44.2 Å². The standard InChI is InChI=1S/C16H30O4.C14H26O4.C13H18O3.C12H22O4.8CH4/c1-4-20-16(18)12-10-8-6-5-7-9-11-15(19-3)13-14(2)17;1-4-18-14(16)10-8-6-5-7-9-13(17-3)11-12(2)15;1-11(14)10-13(15-2)8-9-16-12-6-4-3-5-7-12;1-4-16-12(14)8-6-5-7-11(15-3)9-10(2)13;;;;;;;;/h15H,4-13H2,1-3H3;13H,4-11H2,1-3H3;3-7,13H,8-10H2,1-2H3;11H,4-9H2,1-3H3;8*1H4. The van der Waals surface area contributed by atoms with Gasteiger partial charge in [0, 0.05) is 79.8 Å². The van der Waals surface area contributed by atoms with Crippen LogP contribution in [-0.2, 0) is 66.7 Å². The van der Waals surface area contributed by atoms with Crippen molar-refractivity contribution in [2.24, 2.45) is 0 Å². The van der Waals surface area contributed by atoms with E-state index < -0.39 is 0 Å². The fourth-order valence-electron chi connectivity index (χ4n) is 7.00. The summed E-state index contributed by atoms with van der Waals surface area (Å²) in [5.74, 6) is 1.15. The van der Waals surface area contributed by atoms with E-state index in [2.05, 4.69) is 0 Å². The molecule has 0 radical (unpaired) electrons. The van der Waals surface area contributed by atoms with Crippen LogP contribution in [0.25, 0.3) is 0 Å². The van der Waals surface area contributed by atoms with Gasteiger partial charge in [0.15, 0.2) is 0 Å². The fraction of sp³-hybridized carbons (Fsp3) is 0.794. The van der Waals surface area contributed by atoms with Crippen molar-refractivity contribution in [2.75, 3.05) is 54.9 Å². The van der Waals surface area contributed by atoms with Gasteiger partial charge in [-0.3, -0.25) is 33.6 Å². The first-order valence-electron chi connectivity index (χ1n) is 25.7. The average Bonchev–Trinajstić information content (AvgIpc) is 3.31. The highest BCUT2D eigenvalue weighted by atomic mass is 16.5. The molecule has 1 aromatic rings. The molecule has 4 atom stereocenters. The lowest BCUT2D eigenvalue weighted by Crippen LogP contribution is -2.17. The monoisotopic (exact) mass is 1120 g/mol. The van der Waals surface area contributed by atoms with Crippen LogP contribution in [0.5, 0.6) is 5.75 Å². The van der Waals surface area contributed by atoms with Gasteiger partial charge in [-0.2, -0.15) is 0 Å². The number of hydrogen-bond acceptors (Lipinski definition) is 15. The molecule has 0 aliphatic heterocycles. The van der Waals surface area contributed by atoms with Gasteiger partial charge >= 0.3 is 17.9 Å². The molecule has 470 valence electrons. The van der Waals surface area contributed by atoms with Crippen molar-refractivity contribution in [2.45, 2.75) is 280 Å². The summed E-state index contributed by atoms with van der Waals surface area (Å²) in [7, 11) is 6.55.